The highest BCUT2D eigenvalue weighted by Crippen LogP contribution is 2.65. The van der Waals surface area contributed by atoms with E-state index >= 15 is 0 Å². The Kier molecular flexibility index (Phi) is 4.73. The van der Waals surface area contributed by atoms with Crippen molar-refractivity contribution >= 4 is 5.78 Å². The molecule has 1 saturated heterocycles. The summed E-state index contributed by atoms with van der Waals surface area (Å²) in [4.78, 5) is 12.9. The zero-order valence-electron chi connectivity index (χ0n) is 16.5. The van der Waals surface area contributed by atoms with Crippen LogP contribution in [0.25, 0.3) is 0 Å². The van der Waals surface area contributed by atoms with Gasteiger partial charge in [0.15, 0.2) is 23.4 Å². The van der Waals surface area contributed by atoms with E-state index < -0.39 is 6.10 Å². The first-order valence-corrected chi connectivity index (χ1v) is 10.1. The number of nitrogens with zero attached hydrogens (tertiary/aromatic N) is 1. The Morgan fingerprint density at radius 1 is 1.50 bits per heavy atom. The monoisotopic (exact) mass is 497 g/mol. The van der Waals surface area contributed by atoms with E-state index in [1.165, 1.54) is 0 Å². The standard InChI is InChI=1S/C22H27NO4.HI/c1-4-9-23(3)10-8-22-14-6-7-16(24)21(22)27-20-17(25)12-18(26-5-2)13(19(20)22)11-15(14)23;/h4,12,14-15,21H,1,5-11H2,2-3H3;1H/t14-,15+,21-,22-,23-;/m0./s1. The summed E-state index contributed by atoms with van der Waals surface area (Å²) in [6, 6.07) is 2.10. The van der Waals surface area contributed by atoms with Crippen LogP contribution in [0.4, 0.5) is 0 Å². The Labute approximate surface area is 183 Å². The molecule has 28 heavy (non-hydrogen) atoms. The Morgan fingerprint density at radius 2 is 2.29 bits per heavy atom. The predicted octanol–water partition coefficient (Wildman–Crippen LogP) is -0.266. The number of phenolic OH excluding ortho intramolecular Hbond substituents is 1. The van der Waals surface area contributed by atoms with Gasteiger partial charge in [0.05, 0.1) is 38.2 Å². The number of carbonyl (C=O) groups is 1. The van der Waals surface area contributed by atoms with Crippen LogP contribution in [0, 0.1) is 5.92 Å². The van der Waals surface area contributed by atoms with Crippen molar-refractivity contribution in [3.8, 4) is 17.2 Å². The van der Waals surface area contributed by atoms with Crippen molar-refractivity contribution < 1.29 is 47.8 Å². The molecule has 2 aliphatic carbocycles. The van der Waals surface area contributed by atoms with Gasteiger partial charge in [-0.1, -0.05) is 6.58 Å². The number of ketones is 1. The molecule has 2 heterocycles. The highest BCUT2D eigenvalue weighted by Gasteiger charge is 2.69. The second kappa shape index (κ2) is 6.62. The van der Waals surface area contributed by atoms with Crippen molar-refractivity contribution in [2.45, 2.75) is 50.2 Å². The summed E-state index contributed by atoms with van der Waals surface area (Å²) in [6.07, 6.45) is 4.86. The number of likely N-dealkylation sites (N-methyl/N-ethyl adjacent to an activating group) is 1. The molecular weight excluding hydrogens is 469 g/mol. The molecular formula is C22H28INO4. The summed E-state index contributed by atoms with van der Waals surface area (Å²) >= 11 is 0. The van der Waals surface area contributed by atoms with E-state index in [2.05, 4.69) is 13.6 Å². The number of likely N-dealkylation sites (tertiary alicyclic amines) is 1. The third kappa shape index (κ3) is 2.30. The number of rotatable bonds is 4. The van der Waals surface area contributed by atoms with E-state index in [-0.39, 0.29) is 40.9 Å². The second-order valence-electron chi connectivity index (χ2n) is 8.85. The third-order valence-electron chi connectivity index (χ3n) is 7.71. The number of piperidine rings is 1. The maximum absolute atomic E-state index is 12.9. The van der Waals surface area contributed by atoms with Crippen LogP contribution in [-0.2, 0) is 16.6 Å². The third-order valence-corrected chi connectivity index (χ3v) is 7.71. The fourth-order valence-corrected chi connectivity index (χ4v) is 6.65. The van der Waals surface area contributed by atoms with Gasteiger partial charge in [-0.2, -0.15) is 0 Å². The predicted molar refractivity (Wildman–Crippen MR) is 101 cm³/mol. The van der Waals surface area contributed by atoms with Gasteiger partial charge < -0.3 is 43.0 Å². The normalized spacial score (nSPS) is 36.8. The summed E-state index contributed by atoms with van der Waals surface area (Å²) in [5.74, 6) is 1.98. The number of aromatic hydroxyl groups is 1. The zero-order chi connectivity index (χ0) is 19.0. The van der Waals surface area contributed by atoms with Crippen LogP contribution < -0.4 is 33.5 Å². The molecule has 0 amide bonds. The van der Waals surface area contributed by atoms with Crippen molar-refractivity contribution in [1.29, 1.82) is 0 Å². The van der Waals surface area contributed by atoms with E-state index in [1.54, 1.807) is 6.07 Å². The number of phenols is 1. The molecule has 4 aliphatic rings. The molecule has 152 valence electrons. The van der Waals surface area contributed by atoms with Gasteiger partial charge in [0.2, 0.25) is 0 Å². The van der Waals surface area contributed by atoms with Gasteiger partial charge in [-0.3, -0.25) is 4.79 Å². The summed E-state index contributed by atoms with van der Waals surface area (Å²) in [5, 5.41) is 10.7. The van der Waals surface area contributed by atoms with Crippen LogP contribution in [0.2, 0.25) is 0 Å². The van der Waals surface area contributed by atoms with Gasteiger partial charge in [-0.05, 0) is 19.4 Å². The fourth-order valence-electron chi connectivity index (χ4n) is 6.65. The number of halogens is 1. The molecule has 1 aromatic rings. The SMILES string of the molecule is C=CC[N@@+]1(C)CC[C@]23c4c5c(OCC)cc(O)c4O[C@H]2C(=O)CC[C@H]3[C@H]1C5.[I-]. The average molecular weight is 497 g/mol. The number of quaternary nitrogens is 1. The lowest BCUT2D eigenvalue weighted by Gasteiger charge is -2.60. The van der Waals surface area contributed by atoms with Gasteiger partial charge >= 0.3 is 0 Å². The molecule has 2 bridgehead atoms. The molecule has 0 aromatic heterocycles. The van der Waals surface area contributed by atoms with Crippen molar-refractivity contribution in [3.05, 3.63) is 29.8 Å². The Morgan fingerprint density at radius 3 is 3.00 bits per heavy atom. The lowest BCUT2D eigenvalue weighted by Crippen LogP contribution is -3.00. The second-order valence-corrected chi connectivity index (χ2v) is 8.85. The first kappa shape index (κ1) is 20.0. The zero-order valence-corrected chi connectivity index (χ0v) is 18.7. The van der Waals surface area contributed by atoms with E-state index in [9.17, 15) is 9.90 Å². The molecule has 6 heteroatoms. The Balaban J connectivity index is 0.00000192. The van der Waals surface area contributed by atoms with E-state index in [0.29, 0.717) is 30.7 Å². The number of hydrogen-bond donors (Lipinski definition) is 1. The maximum Gasteiger partial charge on any atom is 0.174 e. The average Bonchev–Trinajstić information content (AvgIpc) is 2.99. The molecule has 5 atom stereocenters. The molecule has 2 aliphatic heterocycles. The minimum atomic E-state index is -0.451. The lowest BCUT2D eigenvalue weighted by molar-refractivity contribution is -0.939. The van der Waals surface area contributed by atoms with Crippen LogP contribution in [-0.4, -0.2) is 54.3 Å². The van der Waals surface area contributed by atoms with Crippen molar-refractivity contribution in [1.82, 2.24) is 0 Å². The first-order chi connectivity index (χ1) is 13.0. The topological polar surface area (TPSA) is 55.8 Å². The van der Waals surface area contributed by atoms with E-state index in [1.807, 2.05) is 13.0 Å². The maximum atomic E-state index is 12.9. The van der Waals surface area contributed by atoms with E-state index in [0.717, 1.165) is 53.7 Å². The minimum absolute atomic E-state index is 0. The van der Waals surface area contributed by atoms with Crippen molar-refractivity contribution in [2.75, 3.05) is 26.7 Å². The summed E-state index contributed by atoms with van der Waals surface area (Å²) in [5.41, 5.74) is 1.93. The summed E-state index contributed by atoms with van der Waals surface area (Å²) in [6.45, 7) is 8.44. The molecule has 0 unspecified atom stereocenters. The fraction of sp³-hybridized carbons (Fsp3) is 0.591. The molecule has 1 saturated carbocycles. The van der Waals surface area contributed by atoms with Crippen molar-refractivity contribution in [3.63, 3.8) is 0 Å². The molecule has 0 radical (unpaired) electrons. The minimum Gasteiger partial charge on any atom is -1.00 e. The number of ether oxygens (including phenoxy) is 2. The highest BCUT2D eigenvalue weighted by atomic mass is 127. The number of Topliss-reactive ketones (excluding diaryl/α,β-unsaturated/α-hetero) is 1. The van der Waals surface area contributed by atoms with Crippen LogP contribution in [0.3, 0.4) is 0 Å². The van der Waals surface area contributed by atoms with Crippen LogP contribution in [0.1, 0.15) is 37.3 Å². The van der Waals surface area contributed by atoms with Crippen LogP contribution >= 0.6 is 0 Å². The summed E-state index contributed by atoms with van der Waals surface area (Å²) in [7, 11) is 2.33. The lowest BCUT2D eigenvalue weighted by atomic mass is 9.51. The highest BCUT2D eigenvalue weighted by molar-refractivity contribution is 5.89. The van der Waals surface area contributed by atoms with Crippen LogP contribution in [0.15, 0.2) is 18.7 Å². The number of benzene rings is 1. The molecule has 2 fully saturated rings. The van der Waals surface area contributed by atoms with Gasteiger partial charge in [-0.25, -0.2) is 0 Å². The Bertz CT molecular complexity index is 855. The van der Waals surface area contributed by atoms with Crippen molar-refractivity contribution in [2.24, 2.45) is 5.92 Å². The smallest absolute Gasteiger partial charge is 0.174 e. The van der Waals surface area contributed by atoms with Gasteiger partial charge in [0, 0.05) is 42.4 Å². The first-order valence-electron chi connectivity index (χ1n) is 10.1. The van der Waals surface area contributed by atoms with E-state index in [4.69, 9.17) is 9.47 Å². The van der Waals surface area contributed by atoms with Gasteiger partial charge in [0.25, 0.3) is 0 Å². The molecule has 1 aromatic carbocycles. The van der Waals surface area contributed by atoms with Crippen LogP contribution in [0.5, 0.6) is 17.2 Å². The molecule has 5 rings (SSSR count). The van der Waals surface area contributed by atoms with Gasteiger partial charge in [-0.15, -0.1) is 0 Å². The number of carbonyl (C=O) groups excluding carboxylic acids is 1. The Hall–Kier alpha value is -1.28. The summed E-state index contributed by atoms with van der Waals surface area (Å²) < 4.78 is 13.1. The quantitative estimate of drug-likeness (QED) is 0.354. The molecule has 1 N–H and O–H groups in total. The number of hydrogen-bond acceptors (Lipinski definition) is 4. The van der Waals surface area contributed by atoms with Gasteiger partial charge in [0.1, 0.15) is 5.75 Å². The molecule has 1 spiro atoms. The molecule has 5 nitrogen and oxygen atoms in total. The largest absolute Gasteiger partial charge is 1.00 e.